The molecule has 18 heavy (non-hydrogen) atoms. The van der Waals surface area contributed by atoms with Crippen LogP contribution >= 0.6 is 15.9 Å². The van der Waals surface area contributed by atoms with Crippen molar-refractivity contribution < 1.29 is 4.79 Å². The fourth-order valence-electron chi connectivity index (χ4n) is 2.23. The Bertz CT molecular complexity index is 422. The molecule has 1 aliphatic rings. The first-order valence-electron chi connectivity index (χ1n) is 6.28. The average Bonchev–Trinajstić information content (AvgIpc) is 2.82. The van der Waals surface area contributed by atoms with Gasteiger partial charge < -0.3 is 10.6 Å². The first-order valence-corrected chi connectivity index (χ1v) is 7.07. The zero-order chi connectivity index (χ0) is 13.2. The van der Waals surface area contributed by atoms with E-state index in [4.69, 9.17) is 0 Å². The van der Waals surface area contributed by atoms with Crippen molar-refractivity contribution in [1.29, 1.82) is 0 Å². The van der Waals surface area contributed by atoms with Gasteiger partial charge in [0.15, 0.2) is 0 Å². The second-order valence-electron chi connectivity index (χ2n) is 5.31. The first kappa shape index (κ1) is 13.6. The van der Waals surface area contributed by atoms with Gasteiger partial charge in [0.1, 0.15) is 0 Å². The maximum atomic E-state index is 12.1. The summed E-state index contributed by atoms with van der Waals surface area (Å²) in [6.07, 6.45) is 0.933. The van der Waals surface area contributed by atoms with E-state index in [0.29, 0.717) is 0 Å². The summed E-state index contributed by atoms with van der Waals surface area (Å²) in [6, 6.07) is 8.08. The average molecular weight is 311 g/mol. The monoisotopic (exact) mass is 310 g/mol. The van der Waals surface area contributed by atoms with Crippen LogP contribution in [-0.2, 0) is 10.3 Å². The van der Waals surface area contributed by atoms with Crippen molar-refractivity contribution in [2.75, 3.05) is 13.1 Å². The van der Waals surface area contributed by atoms with Crippen LogP contribution in [0.5, 0.6) is 0 Å². The highest BCUT2D eigenvalue weighted by molar-refractivity contribution is 9.10. The van der Waals surface area contributed by atoms with Crippen LogP contribution in [0.1, 0.15) is 25.8 Å². The van der Waals surface area contributed by atoms with E-state index in [0.717, 1.165) is 29.5 Å². The van der Waals surface area contributed by atoms with Crippen molar-refractivity contribution in [2.24, 2.45) is 5.92 Å². The van der Waals surface area contributed by atoms with Gasteiger partial charge in [0.2, 0.25) is 5.91 Å². The predicted octanol–water partition coefficient (Wildman–Crippen LogP) is 2.41. The maximum absolute atomic E-state index is 12.1. The molecule has 4 heteroatoms. The summed E-state index contributed by atoms with van der Waals surface area (Å²) in [4.78, 5) is 12.1. The second kappa shape index (κ2) is 5.41. The number of hydrogen-bond acceptors (Lipinski definition) is 2. The van der Waals surface area contributed by atoms with Gasteiger partial charge in [-0.2, -0.15) is 0 Å². The molecule has 0 aliphatic carbocycles. The van der Waals surface area contributed by atoms with Crippen LogP contribution in [0.25, 0.3) is 0 Å². The normalized spacial score (nSPS) is 19.8. The Morgan fingerprint density at radius 3 is 2.61 bits per heavy atom. The van der Waals surface area contributed by atoms with Gasteiger partial charge in [-0.3, -0.25) is 4.79 Å². The van der Waals surface area contributed by atoms with Gasteiger partial charge in [0.05, 0.1) is 11.5 Å². The van der Waals surface area contributed by atoms with E-state index < -0.39 is 0 Å². The van der Waals surface area contributed by atoms with Crippen LogP contribution in [0.3, 0.4) is 0 Å². The maximum Gasteiger partial charge on any atom is 0.225 e. The molecule has 0 spiro atoms. The third-order valence-electron chi connectivity index (χ3n) is 3.43. The van der Waals surface area contributed by atoms with Crippen molar-refractivity contribution in [3.8, 4) is 0 Å². The van der Waals surface area contributed by atoms with Crippen molar-refractivity contribution >= 4 is 21.8 Å². The molecule has 2 N–H and O–H groups in total. The van der Waals surface area contributed by atoms with E-state index in [1.54, 1.807) is 0 Å². The predicted molar refractivity (Wildman–Crippen MR) is 76.3 cm³/mol. The number of amides is 1. The molecule has 1 aromatic carbocycles. The first-order chi connectivity index (χ1) is 8.49. The van der Waals surface area contributed by atoms with E-state index in [2.05, 4.69) is 26.6 Å². The highest BCUT2D eigenvalue weighted by Gasteiger charge is 2.28. The Hall–Kier alpha value is -0.870. The summed E-state index contributed by atoms with van der Waals surface area (Å²) in [5.41, 5.74) is 0.783. The molecule has 1 atom stereocenters. The number of rotatable bonds is 3. The second-order valence-corrected chi connectivity index (χ2v) is 6.23. The van der Waals surface area contributed by atoms with Crippen LogP contribution < -0.4 is 10.6 Å². The number of nitrogens with one attached hydrogen (secondary N) is 2. The van der Waals surface area contributed by atoms with E-state index in [9.17, 15) is 4.79 Å². The molecule has 0 saturated carbocycles. The minimum absolute atomic E-state index is 0.111. The van der Waals surface area contributed by atoms with Crippen LogP contribution in [0.15, 0.2) is 28.7 Å². The lowest BCUT2D eigenvalue weighted by atomic mass is 9.93. The molecule has 1 fully saturated rings. The summed E-state index contributed by atoms with van der Waals surface area (Å²) in [5.74, 6) is 0.257. The zero-order valence-corrected chi connectivity index (χ0v) is 12.4. The van der Waals surface area contributed by atoms with Crippen molar-refractivity contribution in [3.05, 3.63) is 34.3 Å². The van der Waals surface area contributed by atoms with Gasteiger partial charge in [-0.25, -0.2) is 0 Å². The quantitative estimate of drug-likeness (QED) is 0.900. The third-order valence-corrected chi connectivity index (χ3v) is 3.96. The number of benzene rings is 1. The molecule has 0 radical (unpaired) electrons. The summed E-state index contributed by atoms with van der Waals surface area (Å²) in [6.45, 7) is 5.81. The Balaban J connectivity index is 2.06. The lowest BCUT2D eigenvalue weighted by Crippen LogP contribution is -2.44. The van der Waals surface area contributed by atoms with Gasteiger partial charge in [-0.1, -0.05) is 28.1 Å². The molecule has 3 nitrogen and oxygen atoms in total. The molecule has 1 amide bonds. The molecule has 1 unspecified atom stereocenters. The van der Waals surface area contributed by atoms with Gasteiger partial charge in [0, 0.05) is 11.0 Å². The van der Waals surface area contributed by atoms with E-state index in [1.807, 2.05) is 38.1 Å². The van der Waals surface area contributed by atoms with Crippen LogP contribution in [0.2, 0.25) is 0 Å². The fraction of sp³-hybridized carbons (Fsp3) is 0.500. The third kappa shape index (κ3) is 3.12. The standard InChI is InChI=1S/C14H19BrN2O/c1-14(2,11-3-5-12(15)6-4-11)17-13(18)10-7-8-16-9-10/h3-6,10,16H,7-9H2,1-2H3,(H,17,18). The summed E-state index contributed by atoms with van der Waals surface area (Å²) in [5, 5.41) is 6.36. The largest absolute Gasteiger partial charge is 0.347 e. The molecule has 1 aliphatic heterocycles. The van der Waals surface area contributed by atoms with Crippen molar-refractivity contribution in [2.45, 2.75) is 25.8 Å². The number of halogens is 1. The Kier molecular flexibility index (Phi) is 4.07. The van der Waals surface area contributed by atoms with E-state index >= 15 is 0 Å². The van der Waals surface area contributed by atoms with Crippen LogP contribution in [0, 0.1) is 5.92 Å². The molecule has 1 aromatic rings. The van der Waals surface area contributed by atoms with Gasteiger partial charge in [-0.05, 0) is 44.5 Å². The van der Waals surface area contributed by atoms with E-state index in [-0.39, 0.29) is 17.4 Å². The molecule has 2 rings (SSSR count). The lowest BCUT2D eigenvalue weighted by Gasteiger charge is -2.28. The van der Waals surface area contributed by atoms with Crippen LogP contribution in [0.4, 0.5) is 0 Å². The number of hydrogen-bond donors (Lipinski definition) is 2. The Morgan fingerprint density at radius 1 is 1.39 bits per heavy atom. The van der Waals surface area contributed by atoms with Gasteiger partial charge >= 0.3 is 0 Å². The fourth-order valence-corrected chi connectivity index (χ4v) is 2.49. The van der Waals surface area contributed by atoms with Crippen LogP contribution in [-0.4, -0.2) is 19.0 Å². The lowest BCUT2D eigenvalue weighted by molar-refractivity contribution is -0.126. The Labute approximate surface area is 116 Å². The van der Waals surface area contributed by atoms with Gasteiger partial charge in [0.25, 0.3) is 0 Å². The molecular formula is C14H19BrN2O. The van der Waals surface area contributed by atoms with Crippen molar-refractivity contribution in [1.82, 2.24) is 10.6 Å². The zero-order valence-electron chi connectivity index (χ0n) is 10.8. The highest BCUT2D eigenvalue weighted by atomic mass is 79.9. The Morgan fingerprint density at radius 2 is 2.06 bits per heavy atom. The number of carbonyl (C=O) groups excluding carboxylic acids is 1. The summed E-state index contributed by atoms with van der Waals surface area (Å²) < 4.78 is 1.05. The SMILES string of the molecule is CC(C)(NC(=O)C1CCNC1)c1ccc(Br)cc1. The van der Waals surface area contributed by atoms with Gasteiger partial charge in [-0.15, -0.1) is 0 Å². The molecule has 0 aromatic heterocycles. The molecule has 0 bridgehead atoms. The van der Waals surface area contributed by atoms with Crippen molar-refractivity contribution in [3.63, 3.8) is 0 Å². The summed E-state index contributed by atoms with van der Waals surface area (Å²) in [7, 11) is 0. The van der Waals surface area contributed by atoms with E-state index in [1.165, 1.54) is 0 Å². The minimum atomic E-state index is -0.333. The highest BCUT2D eigenvalue weighted by Crippen LogP contribution is 2.23. The number of carbonyl (C=O) groups is 1. The molecular weight excluding hydrogens is 292 g/mol. The minimum Gasteiger partial charge on any atom is -0.347 e. The molecule has 98 valence electrons. The molecule has 1 saturated heterocycles. The summed E-state index contributed by atoms with van der Waals surface area (Å²) >= 11 is 3.42. The smallest absolute Gasteiger partial charge is 0.225 e. The molecule has 1 heterocycles. The topological polar surface area (TPSA) is 41.1 Å².